The van der Waals surface area contributed by atoms with Crippen LogP contribution in [0.5, 0.6) is 0 Å². The topological polar surface area (TPSA) is 58.2 Å². The number of hydrogen-bond acceptors (Lipinski definition) is 4. The molecule has 0 saturated heterocycles. The monoisotopic (exact) mass is 704 g/mol. The van der Waals surface area contributed by atoms with Crippen LogP contribution in [0.25, 0.3) is 0 Å². The lowest BCUT2D eigenvalue weighted by atomic mass is 10.1. The maximum atomic E-state index is 13.8. The van der Waals surface area contributed by atoms with Crippen LogP contribution in [-0.4, -0.2) is 11.1 Å². The summed E-state index contributed by atoms with van der Waals surface area (Å²) in [5, 5.41) is 10.2. The van der Waals surface area contributed by atoms with Gasteiger partial charge in [0, 0.05) is 55.3 Å². The number of nitrogens with one attached hydrogen (secondary N) is 2. The summed E-state index contributed by atoms with van der Waals surface area (Å²) in [6.07, 6.45) is 0. The fourth-order valence-corrected chi connectivity index (χ4v) is 10.2. The first kappa shape index (κ1) is 40.1. The Morgan fingerprint density at radius 2 is 0.580 bits per heavy atom. The van der Waals surface area contributed by atoms with Crippen molar-refractivity contribution in [2.75, 3.05) is 0 Å². The molecule has 0 amide bonds. The molecule has 0 aromatic heterocycles. The van der Waals surface area contributed by atoms with Crippen LogP contribution in [0.3, 0.4) is 0 Å². The number of hydrogen-bond donors (Lipinski definition) is 2. The van der Waals surface area contributed by atoms with E-state index >= 15 is 0 Å². The molecule has 0 heterocycles. The van der Waals surface area contributed by atoms with Crippen molar-refractivity contribution < 1.29 is 9.13 Å². The van der Waals surface area contributed by atoms with Gasteiger partial charge in [0.15, 0.2) is 14.3 Å². The zero-order valence-electron chi connectivity index (χ0n) is 30.9. The second-order valence-electron chi connectivity index (χ2n) is 14.2. The normalized spacial score (nSPS) is 12.4. The van der Waals surface area contributed by atoms with Gasteiger partial charge in [0.05, 0.1) is 0 Å². The lowest BCUT2D eigenvalue weighted by Crippen LogP contribution is -2.34. The second-order valence-corrected chi connectivity index (χ2v) is 19.4. The van der Waals surface area contributed by atoms with E-state index in [1.165, 1.54) is 0 Å². The van der Waals surface area contributed by atoms with E-state index in [0.29, 0.717) is 0 Å². The molecule has 6 heteroatoms. The zero-order valence-corrected chi connectivity index (χ0v) is 32.7. The highest BCUT2D eigenvalue weighted by Crippen LogP contribution is 2.46. The third-order valence-electron chi connectivity index (χ3n) is 7.12. The Bertz CT molecular complexity index is 1620. The Balaban J connectivity index is 0.000000231. The average Bonchev–Trinajstić information content (AvgIpc) is 3.09. The van der Waals surface area contributed by atoms with Gasteiger partial charge in [-0.15, -0.1) is 0 Å². The Hall–Kier alpha value is -4.36. The summed E-state index contributed by atoms with van der Waals surface area (Å²) in [6.45, 7) is 16.5. The van der Waals surface area contributed by atoms with Gasteiger partial charge in [0.2, 0.25) is 0 Å². The third kappa shape index (κ3) is 13.2. The van der Waals surface area contributed by atoms with Crippen molar-refractivity contribution in [3.8, 4) is 0 Å². The molecule has 2 N–H and O–H groups in total. The van der Waals surface area contributed by atoms with Gasteiger partial charge >= 0.3 is 0 Å². The zero-order chi connectivity index (χ0) is 36.7. The summed E-state index contributed by atoms with van der Waals surface area (Å²) in [7, 11) is -5.58. The Morgan fingerprint density at radius 3 is 0.760 bits per heavy atom. The van der Waals surface area contributed by atoms with Gasteiger partial charge in [-0.05, 0) is 55.4 Å². The molecule has 0 unspecified atom stereocenters. The van der Waals surface area contributed by atoms with E-state index in [-0.39, 0.29) is 11.1 Å². The molecule has 0 spiro atoms. The van der Waals surface area contributed by atoms with Gasteiger partial charge in [0.1, 0.15) is 0 Å². The summed E-state index contributed by atoms with van der Waals surface area (Å²) >= 11 is 0. The highest BCUT2D eigenvalue weighted by atomic mass is 31.2. The van der Waals surface area contributed by atoms with Crippen molar-refractivity contribution in [3.05, 3.63) is 181 Å². The van der Waals surface area contributed by atoms with Crippen LogP contribution >= 0.6 is 14.3 Å². The van der Waals surface area contributed by atoms with E-state index in [1.807, 2.05) is 183 Å². The molecule has 5 aromatic rings. The van der Waals surface area contributed by atoms with Crippen LogP contribution in [0.4, 0.5) is 0 Å². The van der Waals surface area contributed by atoms with Crippen LogP contribution in [0.15, 0.2) is 181 Å². The fourth-order valence-electron chi connectivity index (χ4n) is 5.37. The molecular weight excluding hydrogens is 650 g/mol. The van der Waals surface area contributed by atoms with E-state index in [9.17, 15) is 9.13 Å². The summed E-state index contributed by atoms with van der Waals surface area (Å²) in [4.78, 5) is 0. The molecule has 0 fully saturated rings. The molecule has 0 aliphatic heterocycles. The second kappa shape index (κ2) is 18.6. The minimum absolute atomic E-state index is 0.0568. The van der Waals surface area contributed by atoms with Gasteiger partial charge in [-0.3, -0.25) is 0 Å². The molecule has 262 valence electrons. The van der Waals surface area contributed by atoms with E-state index in [4.69, 9.17) is 0 Å². The Kier molecular flexibility index (Phi) is 14.9. The van der Waals surface area contributed by atoms with E-state index < -0.39 is 14.3 Å². The van der Waals surface area contributed by atoms with Crippen LogP contribution < -0.4 is 31.9 Å². The molecule has 0 saturated carbocycles. The first-order valence-corrected chi connectivity index (χ1v) is 20.5. The molecule has 0 radical (unpaired) electrons. The van der Waals surface area contributed by atoms with E-state index in [2.05, 4.69) is 52.2 Å². The van der Waals surface area contributed by atoms with Gasteiger partial charge in [-0.1, -0.05) is 158 Å². The van der Waals surface area contributed by atoms with Gasteiger partial charge < -0.3 is 19.8 Å². The Labute approximate surface area is 301 Å². The molecule has 0 aliphatic rings. The van der Waals surface area contributed by atoms with Gasteiger partial charge in [-0.2, -0.15) is 0 Å². The summed E-state index contributed by atoms with van der Waals surface area (Å²) < 4.78 is 27.6. The van der Waals surface area contributed by atoms with Crippen LogP contribution in [0, 0.1) is 0 Å². The highest BCUT2D eigenvalue weighted by Gasteiger charge is 2.26. The maximum Gasteiger partial charge on any atom is 0.165 e. The standard InChI is InChI=1S/2C19H24NOP.C6H6/c2*1-16(20-19(2,3)4)15-22(21,17-11-7-5-8-12-17)18-13-9-6-10-14-18;1-2-4-6-5-3-1/h2*5-15,20H,1-4H3;1-6H/b2*16-15+;. The summed E-state index contributed by atoms with van der Waals surface area (Å²) in [5.74, 6) is 3.78. The van der Waals surface area contributed by atoms with Crippen molar-refractivity contribution in [1.29, 1.82) is 0 Å². The fraction of sp³-hybridized carbons (Fsp3) is 0.227. The molecular formula is C44H54N2O2P2. The quantitative estimate of drug-likeness (QED) is 0.158. The van der Waals surface area contributed by atoms with Crippen molar-refractivity contribution in [2.45, 2.75) is 66.5 Å². The largest absolute Gasteiger partial charge is 0.384 e. The van der Waals surface area contributed by atoms with Gasteiger partial charge in [0.25, 0.3) is 0 Å². The first-order chi connectivity index (χ1) is 23.6. The van der Waals surface area contributed by atoms with E-state index in [1.54, 1.807) is 0 Å². The molecule has 4 nitrogen and oxygen atoms in total. The number of rotatable bonds is 8. The smallest absolute Gasteiger partial charge is 0.165 e. The van der Waals surface area contributed by atoms with Crippen molar-refractivity contribution in [1.82, 2.24) is 10.6 Å². The van der Waals surface area contributed by atoms with Crippen molar-refractivity contribution >= 4 is 35.5 Å². The summed E-state index contributed by atoms with van der Waals surface area (Å²) in [5.41, 5.74) is 1.75. The lowest BCUT2D eigenvalue weighted by molar-refractivity contribution is 0.473. The average molecular weight is 705 g/mol. The van der Waals surface area contributed by atoms with Crippen LogP contribution in [0.2, 0.25) is 0 Å². The molecule has 0 aliphatic carbocycles. The molecule has 0 bridgehead atoms. The minimum atomic E-state index is -2.79. The maximum absolute atomic E-state index is 13.8. The molecule has 5 aromatic carbocycles. The first-order valence-electron chi connectivity index (χ1n) is 17.0. The summed E-state index contributed by atoms with van der Waals surface area (Å²) in [6, 6.07) is 50.8. The predicted octanol–water partition coefficient (Wildman–Crippen LogP) is 10.2. The predicted molar refractivity (Wildman–Crippen MR) is 219 cm³/mol. The molecule has 0 atom stereocenters. The lowest BCUT2D eigenvalue weighted by Gasteiger charge is -2.24. The van der Waals surface area contributed by atoms with E-state index in [0.717, 1.165) is 32.6 Å². The van der Waals surface area contributed by atoms with Crippen LogP contribution in [-0.2, 0) is 9.13 Å². The minimum Gasteiger partial charge on any atom is -0.384 e. The third-order valence-corrected chi connectivity index (χ3v) is 12.9. The van der Waals surface area contributed by atoms with Crippen molar-refractivity contribution in [2.24, 2.45) is 0 Å². The SMILES string of the molecule is C/C(=C\P(=O)(c1ccccc1)c1ccccc1)NC(C)(C)C.C/C(=C\P(=O)(c1ccccc1)c1ccccc1)NC(C)(C)C.c1ccccc1. The Morgan fingerprint density at radius 1 is 0.400 bits per heavy atom. The van der Waals surface area contributed by atoms with Gasteiger partial charge in [-0.25, -0.2) is 0 Å². The molecule has 50 heavy (non-hydrogen) atoms. The number of benzene rings is 5. The highest BCUT2D eigenvalue weighted by molar-refractivity contribution is 7.81. The van der Waals surface area contributed by atoms with Crippen LogP contribution in [0.1, 0.15) is 55.4 Å². The number of allylic oxidation sites excluding steroid dienone is 2. The van der Waals surface area contributed by atoms with Crippen molar-refractivity contribution in [3.63, 3.8) is 0 Å². The molecule has 5 rings (SSSR count).